The summed E-state index contributed by atoms with van der Waals surface area (Å²) in [7, 11) is -3.99. The van der Waals surface area contributed by atoms with Crippen molar-refractivity contribution >= 4 is 21.6 Å². The topological polar surface area (TPSA) is 75.7 Å². The van der Waals surface area contributed by atoms with Crippen LogP contribution < -0.4 is 14.4 Å². The molecule has 0 saturated heterocycles. The summed E-state index contributed by atoms with van der Waals surface area (Å²) in [6.45, 7) is 3.65. The number of para-hydroxylation sites is 1. The van der Waals surface area contributed by atoms with Crippen LogP contribution in [0.15, 0.2) is 48.5 Å². The van der Waals surface area contributed by atoms with E-state index >= 15 is 0 Å². The third-order valence-electron chi connectivity index (χ3n) is 4.37. The van der Waals surface area contributed by atoms with Gasteiger partial charge < -0.3 is 10.1 Å². The lowest BCUT2D eigenvalue weighted by Gasteiger charge is -2.23. The van der Waals surface area contributed by atoms with Gasteiger partial charge in [0.05, 0.1) is 24.1 Å². The molecule has 1 amide bonds. The third kappa shape index (κ3) is 7.16. The monoisotopic (exact) mass is 458 g/mol. The smallest absolute Gasteiger partial charge is 0.416 e. The number of anilines is 1. The van der Waals surface area contributed by atoms with E-state index in [0.717, 1.165) is 24.0 Å². The molecular weight excluding hydrogens is 433 g/mol. The van der Waals surface area contributed by atoms with E-state index in [9.17, 15) is 26.4 Å². The van der Waals surface area contributed by atoms with Gasteiger partial charge in [0.25, 0.3) is 0 Å². The lowest BCUT2D eigenvalue weighted by atomic mass is 10.0. The van der Waals surface area contributed by atoms with Crippen LogP contribution in [0.25, 0.3) is 0 Å². The predicted octanol–water partition coefficient (Wildman–Crippen LogP) is 3.79. The van der Waals surface area contributed by atoms with Crippen LogP contribution in [-0.2, 0) is 21.0 Å². The molecule has 170 valence electrons. The molecule has 0 radical (unpaired) electrons. The van der Waals surface area contributed by atoms with Gasteiger partial charge in [-0.2, -0.15) is 13.2 Å². The summed E-state index contributed by atoms with van der Waals surface area (Å²) >= 11 is 0. The van der Waals surface area contributed by atoms with Crippen molar-refractivity contribution in [3.63, 3.8) is 0 Å². The summed E-state index contributed by atoms with van der Waals surface area (Å²) < 4.78 is 69.3. The van der Waals surface area contributed by atoms with Crippen molar-refractivity contribution in [3.8, 4) is 5.75 Å². The van der Waals surface area contributed by atoms with Gasteiger partial charge >= 0.3 is 6.18 Å². The van der Waals surface area contributed by atoms with E-state index in [0.29, 0.717) is 16.1 Å². The van der Waals surface area contributed by atoms with E-state index in [1.165, 1.54) is 6.07 Å². The standard InChI is InChI=1S/C21H25F3N2O4S/c1-15(2)18-9-4-5-10-19(18)30-12-11-25-20(27)14-26(31(3,28)29)17-8-6-7-16(13-17)21(22,23)24/h4-10,13,15H,11-12,14H2,1-3H3,(H,25,27). The highest BCUT2D eigenvalue weighted by Gasteiger charge is 2.32. The summed E-state index contributed by atoms with van der Waals surface area (Å²) in [4.78, 5) is 12.2. The van der Waals surface area contributed by atoms with E-state index in [1.54, 1.807) is 0 Å². The van der Waals surface area contributed by atoms with Gasteiger partial charge in [0.1, 0.15) is 18.9 Å². The lowest BCUT2D eigenvalue weighted by molar-refractivity contribution is -0.137. The number of halogens is 3. The molecule has 0 fully saturated rings. The van der Waals surface area contributed by atoms with Crippen LogP contribution >= 0.6 is 0 Å². The predicted molar refractivity (Wildman–Crippen MR) is 113 cm³/mol. The van der Waals surface area contributed by atoms with Gasteiger partial charge in [-0.3, -0.25) is 9.10 Å². The summed E-state index contributed by atoms with van der Waals surface area (Å²) in [5.41, 5.74) is -0.229. The maximum atomic E-state index is 13.0. The van der Waals surface area contributed by atoms with Gasteiger partial charge in [-0.1, -0.05) is 38.1 Å². The minimum Gasteiger partial charge on any atom is -0.491 e. The highest BCUT2D eigenvalue weighted by Crippen LogP contribution is 2.32. The van der Waals surface area contributed by atoms with Crippen molar-refractivity contribution in [1.29, 1.82) is 0 Å². The largest absolute Gasteiger partial charge is 0.491 e. The summed E-state index contributed by atoms with van der Waals surface area (Å²) in [6.07, 6.45) is -3.81. The van der Waals surface area contributed by atoms with Crippen molar-refractivity contribution in [3.05, 3.63) is 59.7 Å². The number of alkyl halides is 3. The quantitative estimate of drug-likeness (QED) is 0.580. The highest BCUT2D eigenvalue weighted by molar-refractivity contribution is 7.92. The Balaban J connectivity index is 2.00. The zero-order chi connectivity index (χ0) is 23.2. The molecule has 0 unspecified atom stereocenters. The van der Waals surface area contributed by atoms with Gasteiger partial charge in [-0.05, 0) is 35.7 Å². The first-order chi connectivity index (χ1) is 14.4. The van der Waals surface area contributed by atoms with Gasteiger partial charge in [0.15, 0.2) is 0 Å². The maximum Gasteiger partial charge on any atom is 0.416 e. The number of carbonyl (C=O) groups excluding carboxylic acids is 1. The van der Waals surface area contributed by atoms with Gasteiger partial charge in [-0.15, -0.1) is 0 Å². The molecule has 1 N–H and O–H groups in total. The number of benzene rings is 2. The molecule has 2 rings (SSSR count). The number of hydrogen-bond donors (Lipinski definition) is 1. The van der Waals surface area contributed by atoms with E-state index in [1.807, 2.05) is 38.1 Å². The first-order valence-electron chi connectivity index (χ1n) is 9.53. The van der Waals surface area contributed by atoms with E-state index < -0.39 is 34.2 Å². The molecule has 6 nitrogen and oxygen atoms in total. The van der Waals surface area contributed by atoms with Crippen molar-refractivity contribution < 1.29 is 31.1 Å². The van der Waals surface area contributed by atoms with Gasteiger partial charge in [0.2, 0.25) is 15.9 Å². The van der Waals surface area contributed by atoms with Crippen LogP contribution in [0, 0.1) is 0 Å². The molecule has 0 heterocycles. The Morgan fingerprint density at radius 1 is 1.13 bits per heavy atom. The van der Waals surface area contributed by atoms with Crippen LogP contribution in [0.1, 0.15) is 30.9 Å². The zero-order valence-electron chi connectivity index (χ0n) is 17.4. The number of amides is 1. The number of nitrogens with one attached hydrogen (secondary N) is 1. The van der Waals surface area contributed by atoms with E-state index in [-0.39, 0.29) is 24.8 Å². The minimum atomic E-state index is -4.63. The van der Waals surface area contributed by atoms with Crippen molar-refractivity contribution in [2.45, 2.75) is 25.9 Å². The second-order valence-electron chi connectivity index (χ2n) is 7.21. The normalized spacial score (nSPS) is 12.0. The first kappa shape index (κ1) is 24.5. The first-order valence-corrected chi connectivity index (χ1v) is 11.4. The molecule has 0 aliphatic carbocycles. The molecule has 0 aliphatic heterocycles. The van der Waals surface area contributed by atoms with E-state index in [4.69, 9.17) is 4.74 Å². The fourth-order valence-electron chi connectivity index (χ4n) is 2.86. The Kier molecular flexibility index (Phi) is 7.94. The molecule has 0 bridgehead atoms. The fraction of sp³-hybridized carbons (Fsp3) is 0.381. The van der Waals surface area contributed by atoms with Crippen molar-refractivity contribution in [2.75, 3.05) is 30.3 Å². The second-order valence-corrected chi connectivity index (χ2v) is 9.12. The average Bonchev–Trinajstić information content (AvgIpc) is 2.68. The third-order valence-corrected chi connectivity index (χ3v) is 5.51. The average molecular weight is 459 g/mol. The highest BCUT2D eigenvalue weighted by atomic mass is 32.2. The molecule has 0 spiro atoms. The molecule has 31 heavy (non-hydrogen) atoms. The molecule has 0 aliphatic rings. The summed E-state index contributed by atoms with van der Waals surface area (Å²) in [5.74, 6) is 0.277. The van der Waals surface area contributed by atoms with Crippen LogP contribution in [0.4, 0.5) is 18.9 Å². The lowest BCUT2D eigenvalue weighted by Crippen LogP contribution is -2.41. The van der Waals surface area contributed by atoms with E-state index in [2.05, 4.69) is 5.32 Å². The molecule has 0 saturated carbocycles. The maximum absolute atomic E-state index is 13.0. The molecule has 2 aromatic carbocycles. The Hall–Kier alpha value is -2.75. The van der Waals surface area contributed by atoms with Crippen LogP contribution in [0.3, 0.4) is 0 Å². The van der Waals surface area contributed by atoms with Crippen LogP contribution in [0.2, 0.25) is 0 Å². The number of sulfonamides is 1. The van der Waals surface area contributed by atoms with Crippen LogP contribution in [-0.4, -0.2) is 40.3 Å². The summed E-state index contributed by atoms with van der Waals surface area (Å²) in [5, 5.41) is 2.53. The Morgan fingerprint density at radius 3 is 2.42 bits per heavy atom. The van der Waals surface area contributed by atoms with Gasteiger partial charge in [0, 0.05) is 0 Å². The zero-order valence-corrected chi connectivity index (χ0v) is 18.3. The number of ether oxygens (including phenoxy) is 1. The molecule has 2 aromatic rings. The molecule has 10 heteroatoms. The fourth-order valence-corrected chi connectivity index (χ4v) is 3.71. The summed E-state index contributed by atoms with van der Waals surface area (Å²) in [6, 6.07) is 11.3. The SMILES string of the molecule is CC(C)c1ccccc1OCCNC(=O)CN(c1cccc(C(F)(F)F)c1)S(C)(=O)=O. The Labute approximate surface area is 180 Å². The molecular formula is C21H25F3N2O4S. The number of carbonyl (C=O) groups is 1. The number of nitrogens with zero attached hydrogens (tertiary/aromatic N) is 1. The second kappa shape index (κ2) is 10.0. The van der Waals surface area contributed by atoms with Crippen molar-refractivity contribution in [2.24, 2.45) is 0 Å². The van der Waals surface area contributed by atoms with Gasteiger partial charge in [-0.25, -0.2) is 8.42 Å². The molecule has 0 aromatic heterocycles. The number of hydrogen-bond acceptors (Lipinski definition) is 4. The minimum absolute atomic E-state index is 0.103. The number of rotatable bonds is 9. The molecule has 0 atom stereocenters. The van der Waals surface area contributed by atoms with Crippen molar-refractivity contribution in [1.82, 2.24) is 5.32 Å². The Bertz CT molecular complexity index is 1010. The Morgan fingerprint density at radius 2 is 1.81 bits per heavy atom. The van der Waals surface area contributed by atoms with Crippen LogP contribution in [0.5, 0.6) is 5.75 Å².